The second-order valence-corrected chi connectivity index (χ2v) is 7.78. The summed E-state index contributed by atoms with van der Waals surface area (Å²) in [5.74, 6) is 0.731. The van der Waals surface area contributed by atoms with Crippen LogP contribution in [0.3, 0.4) is 0 Å². The van der Waals surface area contributed by atoms with Gasteiger partial charge in [-0.25, -0.2) is 9.97 Å². The predicted octanol–water partition coefficient (Wildman–Crippen LogP) is 4.18. The molecule has 0 bridgehead atoms. The Bertz CT molecular complexity index is 1110. The number of pyridine rings is 1. The topological polar surface area (TPSA) is 79.8 Å². The Labute approximate surface area is 173 Å². The zero-order valence-electron chi connectivity index (χ0n) is 16.1. The number of rotatable bonds is 7. The molecule has 146 valence electrons. The quantitative estimate of drug-likeness (QED) is 0.484. The van der Waals surface area contributed by atoms with Crippen molar-refractivity contribution in [3.8, 4) is 11.1 Å². The van der Waals surface area contributed by atoms with Crippen molar-refractivity contribution in [2.24, 2.45) is 0 Å². The first kappa shape index (κ1) is 19.0. The van der Waals surface area contributed by atoms with Gasteiger partial charge >= 0.3 is 0 Å². The van der Waals surface area contributed by atoms with Crippen LogP contribution in [-0.2, 0) is 11.3 Å². The Morgan fingerprint density at radius 2 is 1.86 bits per heavy atom. The van der Waals surface area contributed by atoms with Crippen LogP contribution in [0.2, 0.25) is 0 Å². The number of hydrogen-bond acceptors (Lipinski definition) is 6. The van der Waals surface area contributed by atoms with Gasteiger partial charge < -0.3 is 10.6 Å². The summed E-state index contributed by atoms with van der Waals surface area (Å²) in [5, 5.41) is 7.22. The smallest absolute Gasteiger partial charge is 0.222 e. The molecule has 4 aromatic rings. The number of anilines is 1. The second kappa shape index (κ2) is 8.79. The van der Waals surface area contributed by atoms with E-state index in [0.717, 1.165) is 32.9 Å². The number of aryl methyl sites for hydroxylation is 1. The molecule has 6 nitrogen and oxygen atoms in total. The summed E-state index contributed by atoms with van der Waals surface area (Å²) in [7, 11) is 0. The van der Waals surface area contributed by atoms with Gasteiger partial charge in [0.05, 0.1) is 17.6 Å². The summed E-state index contributed by atoms with van der Waals surface area (Å²) in [6, 6.07) is 15.9. The van der Waals surface area contributed by atoms with Crippen LogP contribution in [0, 0.1) is 6.92 Å². The van der Waals surface area contributed by atoms with Crippen molar-refractivity contribution in [2.45, 2.75) is 19.9 Å². The maximum Gasteiger partial charge on any atom is 0.222 e. The lowest BCUT2D eigenvalue weighted by Crippen LogP contribution is -2.25. The van der Waals surface area contributed by atoms with Gasteiger partial charge in [-0.15, -0.1) is 11.3 Å². The molecular weight excluding hydrogens is 382 g/mol. The van der Waals surface area contributed by atoms with Gasteiger partial charge in [-0.05, 0) is 24.6 Å². The van der Waals surface area contributed by atoms with Crippen LogP contribution in [0.4, 0.5) is 5.82 Å². The maximum atomic E-state index is 12.2. The van der Waals surface area contributed by atoms with Crippen LogP contribution < -0.4 is 10.6 Å². The highest BCUT2D eigenvalue weighted by atomic mass is 32.1. The number of fused-ring (bicyclic) bond motifs is 1. The number of benzene rings is 1. The van der Waals surface area contributed by atoms with Crippen molar-refractivity contribution < 1.29 is 4.79 Å². The molecule has 0 aliphatic heterocycles. The predicted molar refractivity (Wildman–Crippen MR) is 117 cm³/mol. The fourth-order valence-corrected chi connectivity index (χ4v) is 4.22. The molecule has 2 N–H and O–H groups in total. The fraction of sp³-hybridized carbons (Fsp3) is 0.182. The first-order chi connectivity index (χ1) is 14.2. The highest BCUT2D eigenvalue weighted by molar-refractivity contribution is 7.19. The van der Waals surface area contributed by atoms with Gasteiger partial charge in [0.25, 0.3) is 0 Å². The third-order valence-electron chi connectivity index (χ3n) is 4.56. The summed E-state index contributed by atoms with van der Waals surface area (Å²) in [5.41, 5.74) is 3.13. The van der Waals surface area contributed by atoms with E-state index in [4.69, 9.17) is 0 Å². The SMILES string of the molecule is Cc1sc2ncnc(NCCC(=O)NCc3ccccn3)c2c1-c1ccccc1. The van der Waals surface area contributed by atoms with Crippen LogP contribution >= 0.6 is 11.3 Å². The number of nitrogens with zero attached hydrogens (tertiary/aromatic N) is 3. The van der Waals surface area contributed by atoms with E-state index in [1.165, 1.54) is 4.88 Å². The molecular formula is C22H21N5OS. The lowest BCUT2D eigenvalue weighted by Gasteiger charge is -2.09. The molecule has 0 saturated heterocycles. The second-order valence-electron chi connectivity index (χ2n) is 6.58. The molecule has 0 spiro atoms. The minimum Gasteiger partial charge on any atom is -0.369 e. The van der Waals surface area contributed by atoms with Crippen LogP contribution in [-0.4, -0.2) is 27.4 Å². The van der Waals surface area contributed by atoms with Crippen molar-refractivity contribution >= 4 is 33.3 Å². The van der Waals surface area contributed by atoms with Gasteiger partial charge in [0.1, 0.15) is 17.0 Å². The van der Waals surface area contributed by atoms with Gasteiger partial charge in [0.15, 0.2) is 0 Å². The van der Waals surface area contributed by atoms with Gasteiger partial charge in [-0.2, -0.15) is 0 Å². The van der Waals surface area contributed by atoms with Crippen LogP contribution in [0.5, 0.6) is 0 Å². The van der Waals surface area contributed by atoms with Crippen molar-refractivity contribution in [1.29, 1.82) is 0 Å². The molecule has 0 radical (unpaired) electrons. The molecule has 0 fully saturated rings. The first-order valence-electron chi connectivity index (χ1n) is 9.42. The minimum absolute atomic E-state index is 0.0294. The Morgan fingerprint density at radius 1 is 1.03 bits per heavy atom. The highest BCUT2D eigenvalue weighted by Gasteiger charge is 2.16. The molecule has 1 aromatic carbocycles. The van der Waals surface area contributed by atoms with E-state index in [2.05, 4.69) is 44.6 Å². The Morgan fingerprint density at radius 3 is 2.66 bits per heavy atom. The first-order valence-corrected chi connectivity index (χ1v) is 10.2. The summed E-state index contributed by atoms with van der Waals surface area (Å²) < 4.78 is 0. The molecule has 1 amide bonds. The number of thiophene rings is 1. The van der Waals surface area contributed by atoms with E-state index in [1.807, 2.05) is 36.4 Å². The molecule has 0 saturated carbocycles. The van der Waals surface area contributed by atoms with Crippen molar-refractivity contribution in [3.63, 3.8) is 0 Å². The van der Waals surface area contributed by atoms with Crippen LogP contribution in [0.15, 0.2) is 61.1 Å². The molecule has 29 heavy (non-hydrogen) atoms. The number of aromatic nitrogens is 3. The highest BCUT2D eigenvalue weighted by Crippen LogP contribution is 2.40. The fourth-order valence-electron chi connectivity index (χ4n) is 3.21. The van der Waals surface area contributed by atoms with Crippen LogP contribution in [0.1, 0.15) is 17.0 Å². The zero-order valence-corrected chi connectivity index (χ0v) is 16.9. The number of hydrogen-bond donors (Lipinski definition) is 2. The summed E-state index contributed by atoms with van der Waals surface area (Å²) in [4.78, 5) is 27.4. The van der Waals surface area contributed by atoms with Crippen molar-refractivity contribution in [2.75, 3.05) is 11.9 Å². The molecule has 0 atom stereocenters. The summed E-state index contributed by atoms with van der Waals surface area (Å²) in [6.07, 6.45) is 3.63. The number of amides is 1. The average molecular weight is 404 g/mol. The Balaban J connectivity index is 1.45. The molecule has 0 aliphatic rings. The summed E-state index contributed by atoms with van der Waals surface area (Å²) in [6.45, 7) is 3.02. The maximum absolute atomic E-state index is 12.2. The normalized spacial score (nSPS) is 10.8. The molecule has 3 heterocycles. The standard InChI is InChI=1S/C22H21N5OS/c1-15-19(16-7-3-2-4-8-16)20-21(26-14-27-22(20)29-15)24-12-10-18(28)25-13-17-9-5-6-11-23-17/h2-9,11,14H,10,12-13H2,1H3,(H,25,28)(H,24,26,27). The lowest BCUT2D eigenvalue weighted by molar-refractivity contribution is -0.121. The number of nitrogens with one attached hydrogen (secondary N) is 2. The largest absolute Gasteiger partial charge is 0.369 e. The number of carbonyl (C=O) groups excluding carboxylic acids is 1. The monoisotopic (exact) mass is 403 g/mol. The Hall–Kier alpha value is -3.32. The van der Waals surface area contributed by atoms with Gasteiger partial charge in [0, 0.05) is 29.6 Å². The number of carbonyl (C=O) groups is 1. The molecule has 7 heteroatoms. The third kappa shape index (κ3) is 4.41. The molecule has 3 aromatic heterocycles. The molecule has 4 rings (SSSR count). The van der Waals surface area contributed by atoms with E-state index in [1.54, 1.807) is 23.9 Å². The van der Waals surface area contributed by atoms with Crippen LogP contribution in [0.25, 0.3) is 21.3 Å². The summed E-state index contributed by atoms with van der Waals surface area (Å²) >= 11 is 1.66. The van der Waals surface area contributed by atoms with Gasteiger partial charge in [0.2, 0.25) is 5.91 Å². The van der Waals surface area contributed by atoms with E-state index in [0.29, 0.717) is 19.5 Å². The van der Waals surface area contributed by atoms with E-state index < -0.39 is 0 Å². The lowest BCUT2D eigenvalue weighted by atomic mass is 10.0. The van der Waals surface area contributed by atoms with Crippen molar-refractivity contribution in [1.82, 2.24) is 20.3 Å². The minimum atomic E-state index is -0.0294. The van der Waals surface area contributed by atoms with E-state index in [-0.39, 0.29) is 5.91 Å². The van der Waals surface area contributed by atoms with E-state index >= 15 is 0 Å². The third-order valence-corrected chi connectivity index (χ3v) is 5.58. The van der Waals surface area contributed by atoms with Gasteiger partial charge in [-0.3, -0.25) is 9.78 Å². The van der Waals surface area contributed by atoms with Gasteiger partial charge in [-0.1, -0.05) is 36.4 Å². The average Bonchev–Trinajstić information content (AvgIpc) is 3.10. The zero-order chi connectivity index (χ0) is 20.1. The van der Waals surface area contributed by atoms with E-state index in [9.17, 15) is 4.79 Å². The Kier molecular flexibility index (Phi) is 5.76. The molecule has 0 unspecified atom stereocenters. The molecule has 0 aliphatic carbocycles. The van der Waals surface area contributed by atoms with Crippen molar-refractivity contribution in [3.05, 3.63) is 71.6 Å².